The first-order valence-corrected chi connectivity index (χ1v) is 33.3. The van der Waals surface area contributed by atoms with Crippen molar-refractivity contribution >= 4 is 0 Å². The van der Waals surface area contributed by atoms with Crippen molar-refractivity contribution in [3.05, 3.63) is 122 Å². The predicted octanol–water partition coefficient (Wildman–Crippen LogP) is 1.53. The van der Waals surface area contributed by atoms with Gasteiger partial charge in [-0.15, -0.1) is 0 Å². The number of hydrogen-bond acceptors (Lipinski definition) is 23. The summed E-state index contributed by atoms with van der Waals surface area (Å²) in [7, 11) is 0. The van der Waals surface area contributed by atoms with Gasteiger partial charge in [-0.25, -0.2) is 0 Å². The molecule has 23 heteroatoms. The van der Waals surface area contributed by atoms with Crippen LogP contribution in [0.3, 0.4) is 0 Å². The van der Waals surface area contributed by atoms with Crippen molar-refractivity contribution in [3.8, 4) is 0 Å². The third kappa shape index (κ3) is 34.5. The highest BCUT2D eigenvalue weighted by atomic mass is 16.6. The normalized spacial score (nSPS) is 26.9. The van der Waals surface area contributed by atoms with Gasteiger partial charge in [0, 0.05) is 19.3 Å². The zero-order valence-electron chi connectivity index (χ0n) is 54.6. The van der Waals surface area contributed by atoms with Gasteiger partial charge in [0.25, 0.3) is 0 Å². The lowest BCUT2D eigenvalue weighted by atomic mass is 9.87. The van der Waals surface area contributed by atoms with E-state index in [0.717, 1.165) is 12.8 Å². The molecule has 536 valence electrons. The van der Waals surface area contributed by atoms with Crippen LogP contribution < -0.4 is 0 Å². The van der Waals surface area contributed by atoms with E-state index < -0.39 is 152 Å². The summed E-state index contributed by atoms with van der Waals surface area (Å²) in [6, 6.07) is 0. The van der Waals surface area contributed by atoms with Crippen LogP contribution in [0.15, 0.2) is 122 Å². The number of aliphatic hydroxyl groups excluding tert-OH is 21. The van der Waals surface area contributed by atoms with Crippen molar-refractivity contribution in [2.24, 2.45) is 5.92 Å². The molecular weight excluding hydrogens is 1210 g/mol. The van der Waals surface area contributed by atoms with Crippen molar-refractivity contribution < 1.29 is 117 Å². The van der Waals surface area contributed by atoms with Gasteiger partial charge in [0.05, 0.1) is 92.1 Å². The zero-order chi connectivity index (χ0) is 69.6. The highest BCUT2D eigenvalue weighted by Gasteiger charge is 2.47. The molecule has 0 aliphatic carbocycles. The average molecular weight is 1330 g/mol. The lowest BCUT2D eigenvalue weighted by molar-refractivity contribution is -0.234. The van der Waals surface area contributed by atoms with Crippen molar-refractivity contribution in [1.29, 1.82) is 0 Å². The highest BCUT2D eigenvalue weighted by Crippen LogP contribution is 2.32. The van der Waals surface area contributed by atoms with Gasteiger partial charge in [0.2, 0.25) is 0 Å². The Morgan fingerprint density at radius 1 is 0.495 bits per heavy atom. The fourth-order valence-corrected chi connectivity index (χ4v) is 11.1. The third-order valence-corrected chi connectivity index (χ3v) is 17.1. The molecule has 2 aliphatic heterocycles. The van der Waals surface area contributed by atoms with E-state index in [1.807, 2.05) is 42.5 Å². The minimum absolute atomic E-state index is 0.00463. The van der Waals surface area contributed by atoms with Gasteiger partial charge in [0.1, 0.15) is 61.0 Å². The van der Waals surface area contributed by atoms with Gasteiger partial charge >= 0.3 is 0 Å². The second kappa shape index (κ2) is 48.2. The number of hydrogen-bond donors (Lipinski definition) is 21. The fourth-order valence-electron chi connectivity index (χ4n) is 11.1. The Morgan fingerprint density at radius 3 is 1.67 bits per heavy atom. The molecule has 0 aromatic heterocycles. The lowest BCUT2D eigenvalue weighted by Gasteiger charge is -2.42. The van der Waals surface area contributed by atoms with Crippen LogP contribution in [0, 0.1) is 5.92 Å². The summed E-state index contributed by atoms with van der Waals surface area (Å²) in [4.78, 5) is 0. The maximum atomic E-state index is 11.2. The number of unbranched alkanes of at least 4 members (excludes halogenated alkanes) is 4. The van der Waals surface area contributed by atoms with E-state index in [0.29, 0.717) is 63.4 Å². The minimum atomic E-state index is -1.83. The third-order valence-electron chi connectivity index (χ3n) is 17.1. The van der Waals surface area contributed by atoms with Crippen molar-refractivity contribution in [2.45, 2.75) is 302 Å². The SMILES string of the molecule is C=C/C=C/CC/C=C/C=C/C=C/CC/C=C/[C@H](O)[C@H](O)[C@@H]1O[C@@H](C(O)[C@H](O)C(=C)CC[C@@H](O)[C@@H]2C[C@H](O)[C@H](O)[C@@H]([C@H](O)[C@@H](O)/C=C(\C)CC[C@H](O)C[C@H](O)[C@H](O)[C@@H](C)C[C@H](O)[C@@H](O)CCCCC[C@@H](O)CCC[C@@H](O)/C=C/C[C@@H](O)/C=C/C[C@@H](O)CO)O2)C[C@@H](O)[C@H]1O. The summed E-state index contributed by atoms with van der Waals surface area (Å²) in [5.74, 6) is -0.676. The molecule has 0 aromatic carbocycles. The van der Waals surface area contributed by atoms with Crippen LogP contribution in [-0.2, 0) is 9.47 Å². The molecule has 2 aliphatic rings. The maximum absolute atomic E-state index is 11.2. The molecule has 0 saturated carbocycles. The van der Waals surface area contributed by atoms with Crippen LogP contribution in [-0.4, -0.2) is 260 Å². The van der Waals surface area contributed by atoms with Gasteiger partial charge in [-0.2, -0.15) is 0 Å². The molecule has 25 atom stereocenters. The average Bonchev–Trinajstić information content (AvgIpc) is 0.828. The summed E-state index contributed by atoms with van der Waals surface area (Å²) in [6.07, 6.45) is 1.59. The predicted molar refractivity (Wildman–Crippen MR) is 352 cm³/mol. The van der Waals surface area contributed by atoms with Crippen LogP contribution in [0.5, 0.6) is 0 Å². The van der Waals surface area contributed by atoms with E-state index in [4.69, 9.17) is 14.6 Å². The summed E-state index contributed by atoms with van der Waals surface area (Å²) in [6.45, 7) is 10.3. The fraction of sp³-hybridized carbons (Fsp3) is 0.714. The van der Waals surface area contributed by atoms with Crippen LogP contribution >= 0.6 is 0 Å². The number of ether oxygens (including phenoxy) is 2. The summed E-state index contributed by atoms with van der Waals surface area (Å²) in [5, 5.41) is 223. The first-order valence-electron chi connectivity index (χ1n) is 33.3. The van der Waals surface area contributed by atoms with Gasteiger partial charge in [0.15, 0.2) is 0 Å². The summed E-state index contributed by atoms with van der Waals surface area (Å²) < 4.78 is 11.6. The molecule has 2 saturated heterocycles. The minimum Gasteiger partial charge on any atom is -0.394 e. The quantitative estimate of drug-likeness (QED) is 0.0233. The second-order valence-corrected chi connectivity index (χ2v) is 25.4. The van der Waals surface area contributed by atoms with Crippen molar-refractivity contribution in [2.75, 3.05) is 6.61 Å². The number of rotatable bonds is 49. The number of allylic oxidation sites excluding steroid dienone is 11. The Labute approximate surface area is 550 Å². The second-order valence-electron chi connectivity index (χ2n) is 25.4. The van der Waals surface area contributed by atoms with E-state index >= 15 is 0 Å². The molecule has 2 rings (SSSR count). The molecular formula is C70H118O23. The van der Waals surface area contributed by atoms with Gasteiger partial charge in [-0.1, -0.05) is 142 Å². The Kier molecular flexibility index (Phi) is 44.4. The van der Waals surface area contributed by atoms with E-state index in [-0.39, 0.29) is 82.8 Å². The van der Waals surface area contributed by atoms with Crippen LogP contribution in [0.1, 0.15) is 155 Å². The van der Waals surface area contributed by atoms with Gasteiger partial charge in [-0.05, 0) is 121 Å². The van der Waals surface area contributed by atoms with E-state index in [2.05, 4.69) is 19.2 Å². The first kappa shape index (κ1) is 85.6. The standard InChI is InChI=1S/C70H118O23/c1-5-6-7-8-9-10-11-12-13-14-15-16-17-20-33-54(79)64(87)69-67(90)59(84)42-61(93-69)68(91)63(86)45(3)35-37-53(78)60-41-58(83)66(89)70(92-60)65(88)56(81)38-44(2)34-36-50(75)40-57(82)62(85)46(4)39-55(80)52(77)32-21-18-19-25-47(72)26-22-27-48(73)28-23-29-49(74)30-24-31-51(76)43-71/h5-7,10-15,20,23-24,28,30,33,38,46-91H,1,3,8-9,16-19,21-22,25-27,29,31-32,34-37,39-43H2,2,4H3/b7-6+,11-10+,13-12+,15-14+,28-23+,30-24+,33-20+,44-38+/t46-,47+,48+,49+,50-,51+,52-,53+,54-,55-,56-,57-,58-,59+,60-,61+,62+,63+,64-,65+,66-,67+,68?,69-,70+/m0/s1. The summed E-state index contributed by atoms with van der Waals surface area (Å²) in [5.41, 5.74) is 0.480. The number of aliphatic hydroxyl groups is 21. The lowest BCUT2D eigenvalue weighted by Crippen LogP contribution is -2.59. The van der Waals surface area contributed by atoms with Crippen molar-refractivity contribution in [3.63, 3.8) is 0 Å². The Morgan fingerprint density at radius 2 is 1.04 bits per heavy atom. The molecule has 0 aromatic rings. The molecule has 2 heterocycles. The highest BCUT2D eigenvalue weighted by molar-refractivity contribution is 5.13. The Bertz CT molecular complexity index is 2240. The van der Waals surface area contributed by atoms with Gasteiger partial charge < -0.3 is 117 Å². The van der Waals surface area contributed by atoms with Crippen LogP contribution in [0.4, 0.5) is 0 Å². The molecule has 23 nitrogen and oxygen atoms in total. The topological polar surface area (TPSA) is 443 Å². The Balaban J connectivity index is 1.77. The van der Waals surface area contributed by atoms with Crippen molar-refractivity contribution in [1.82, 2.24) is 0 Å². The van der Waals surface area contributed by atoms with Crippen LogP contribution in [0.25, 0.3) is 0 Å². The van der Waals surface area contributed by atoms with E-state index in [9.17, 15) is 102 Å². The van der Waals surface area contributed by atoms with E-state index in [1.54, 1.807) is 44.2 Å². The molecule has 93 heavy (non-hydrogen) atoms. The molecule has 1 unspecified atom stereocenters. The molecule has 0 bridgehead atoms. The molecule has 2 fully saturated rings. The monoisotopic (exact) mass is 1330 g/mol. The molecule has 0 amide bonds. The zero-order valence-corrected chi connectivity index (χ0v) is 54.6. The van der Waals surface area contributed by atoms with E-state index in [1.165, 1.54) is 18.2 Å². The summed E-state index contributed by atoms with van der Waals surface area (Å²) >= 11 is 0. The molecule has 0 spiro atoms. The largest absolute Gasteiger partial charge is 0.394 e. The smallest absolute Gasteiger partial charge is 0.115 e. The Hall–Kier alpha value is -3.52. The molecule has 0 radical (unpaired) electrons. The first-order chi connectivity index (χ1) is 44.1. The molecule has 21 N–H and O–H groups in total. The van der Waals surface area contributed by atoms with Gasteiger partial charge in [-0.3, -0.25) is 0 Å². The maximum Gasteiger partial charge on any atom is 0.115 e. The van der Waals surface area contributed by atoms with Crippen LogP contribution in [0.2, 0.25) is 0 Å².